The zero-order valence-corrected chi connectivity index (χ0v) is 26.7. The first-order chi connectivity index (χ1) is 22.5. The fourth-order valence-electron chi connectivity index (χ4n) is 4.91. The van der Waals surface area contributed by atoms with Crippen molar-refractivity contribution in [3.05, 3.63) is 123 Å². The number of aromatic nitrogens is 5. The highest BCUT2D eigenvalue weighted by Crippen LogP contribution is 2.31. The lowest BCUT2D eigenvalue weighted by Gasteiger charge is -2.09. The molecule has 0 aliphatic carbocycles. The number of ether oxygens (including phenoxy) is 3. The summed E-state index contributed by atoms with van der Waals surface area (Å²) in [5.74, 6) is 2.49. The fourth-order valence-corrected chi connectivity index (χ4v) is 5.82. The molecule has 3 heterocycles. The van der Waals surface area contributed by atoms with Gasteiger partial charge in [0.15, 0.2) is 17.3 Å². The Morgan fingerprint density at radius 2 is 1.83 bits per heavy atom. The van der Waals surface area contributed by atoms with Gasteiger partial charge in [-0.2, -0.15) is 14.6 Å². The van der Waals surface area contributed by atoms with Crippen molar-refractivity contribution >= 4 is 34.5 Å². The average Bonchev–Trinajstić information content (AvgIpc) is 3.76. The van der Waals surface area contributed by atoms with Crippen molar-refractivity contribution in [1.29, 1.82) is 0 Å². The second kappa shape index (κ2) is 13.7. The predicted octanol–water partition coefficient (Wildman–Crippen LogP) is 6.39. The third-order valence-corrected chi connectivity index (χ3v) is 8.10. The average molecular weight is 632 g/mol. The van der Waals surface area contributed by atoms with Gasteiger partial charge < -0.3 is 14.2 Å². The Balaban J connectivity index is 1.34. The summed E-state index contributed by atoms with van der Waals surface area (Å²) in [6.07, 6.45) is 10.0. The van der Waals surface area contributed by atoms with E-state index in [9.17, 15) is 4.79 Å². The Labute approximate surface area is 270 Å². The topological polar surface area (TPSA) is 92.8 Å². The van der Waals surface area contributed by atoms with Gasteiger partial charge in [0.25, 0.3) is 5.56 Å². The molecule has 0 N–H and O–H groups in total. The second-order valence-corrected chi connectivity index (χ2v) is 11.5. The molecule has 0 bridgehead atoms. The smallest absolute Gasteiger partial charge is 0.291 e. The number of hydrogen-bond acceptors (Lipinski definition) is 8. The molecule has 0 spiro atoms. The first kappa shape index (κ1) is 30.5. The molecule has 10 heteroatoms. The Hall–Kier alpha value is -5.48. The van der Waals surface area contributed by atoms with Crippen LogP contribution in [-0.4, -0.2) is 44.7 Å². The minimum atomic E-state index is -0.240. The van der Waals surface area contributed by atoms with E-state index in [1.807, 2.05) is 96.7 Å². The van der Waals surface area contributed by atoms with Crippen LogP contribution in [0.1, 0.15) is 35.9 Å². The summed E-state index contributed by atoms with van der Waals surface area (Å²) >= 11 is 1.29. The van der Waals surface area contributed by atoms with E-state index in [2.05, 4.69) is 23.6 Å². The number of aryl methyl sites for hydroxylation is 1. The van der Waals surface area contributed by atoms with Crippen LogP contribution in [0.4, 0.5) is 0 Å². The molecule has 0 radical (unpaired) electrons. The van der Waals surface area contributed by atoms with E-state index < -0.39 is 0 Å². The van der Waals surface area contributed by atoms with Crippen LogP contribution in [0.25, 0.3) is 40.1 Å². The Morgan fingerprint density at radius 3 is 2.57 bits per heavy atom. The number of benzene rings is 3. The van der Waals surface area contributed by atoms with Crippen LogP contribution in [0, 0.1) is 6.92 Å². The summed E-state index contributed by atoms with van der Waals surface area (Å²) in [5, 5.41) is 9.42. The number of methoxy groups -OCH3 is 1. The molecule has 232 valence electrons. The molecule has 0 aliphatic rings. The zero-order chi connectivity index (χ0) is 32.0. The van der Waals surface area contributed by atoms with Gasteiger partial charge in [-0.05, 0) is 79.1 Å². The SMILES string of the molecule is C=CCOc1ccc(/C=C/c2nc3s/c(=C\c4cn(-c5ccccc5)nc4-c4ccc(OCCC)cc4C)c(=O)n3n2)cc1OC. The maximum atomic E-state index is 13.5. The van der Waals surface area contributed by atoms with Crippen molar-refractivity contribution in [3.8, 4) is 34.2 Å². The quantitative estimate of drug-likeness (QED) is 0.145. The number of hydrogen-bond donors (Lipinski definition) is 0. The molecule has 0 fully saturated rings. The molecule has 0 unspecified atom stereocenters. The summed E-state index contributed by atoms with van der Waals surface area (Å²) in [6, 6.07) is 21.5. The Kier molecular flexibility index (Phi) is 9.07. The van der Waals surface area contributed by atoms with E-state index in [0.29, 0.717) is 40.0 Å². The molecule has 0 amide bonds. The van der Waals surface area contributed by atoms with Crippen LogP contribution < -0.4 is 24.3 Å². The van der Waals surface area contributed by atoms with Crippen molar-refractivity contribution in [2.75, 3.05) is 20.3 Å². The normalized spacial score (nSPS) is 11.8. The van der Waals surface area contributed by atoms with Crippen LogP contribution in [0.5, 0.6) is 17.2 Å². The van der Waals surface area contributed by atoms with Gasteiger partial charge in [0.2, 0.25) is 4.96 Å². The molecule has 0 saturated carbocycles. The highest BCUT2D eigenvalue weighted by molar-refractivity contribution is 7.15. The van der Waals surface area contributed by atoms with E-state index >= 15 is 0 Å². The van der Waals surface area contributed by atoms with Gasteiger partial charge in [0.1, 0.15) is 18.1 Å². The highest BCUT2D eigenvalue weighted by Gasteiger charge is 2.16. The fraction of sp³-hybridized carbons (Fsp3) is 0.167. The lowest BCUT2D eigenvalue weighted by Crippen LogP contribution is -2.23. The largest absolute Gasteiger partial charge is 0.494 e. The Morgan fingerprint density at radius 1 is 0.978 bits per heavy atom. The van der Waals surface area contributed by atoms with Crippen LogP contribution >= 0.6 is 11.3 Å². The monoisotopic (exact) mass is 631 g/mol. The van der Waals surface area contributed by atoms with Crippen molar-refractivity contribution in [2.45, 2.75) is 20.3 Å². The second-order valence-electron chi connectivity index (χ2n) is 10.5. The molecule has 9 nitrogen and oxygen atoms in total. The number of nitrogens with zero attached hydrogens (tertiary/aromatic N) is 5. The van der Waals surface area contributed by atoms with E-state index in [4.69, 9.17) is 19.3 Å². The molecule has 6 rings (SSSR count). The summed E-state index contributed by atoms with van der Waals surface area (Å²) in [5.41, 5.74) is 5.12. The molecule has 3 aromatic heterocycles. The van der Waals surface area contributed by atoms with Crippen LogP contribution in [0.3, 0.4) is 0 Å². The summed E-state index contributed by atoms with van der Waals surface area (Å²) < 4.78 is 20.6. The third kappa shape index (κ3) is 6.47. The van der Waals surface area contributed by atoms with Gasteiger partial charge in [0, 0.05) is 17.3 Å². The molecule has 6 aromatic rings. The van der Waals surface area contributed by atoms with E-state index in [0.717, 1.165) is 45.8 Å². The van der Waals surface area contributed by atoms with Crippen LogP contribution in [0.2, 0.25) is 0 Å². The van der Waals surface area contributed by atoms with Gasteiger partial charge in [-0.25, -0.2) is 4.68 Å². The molecule has 3 aromatic carbocycles. The van der Waals surface area contributed by atoms with Gasteiger partial charge in [-0.15, -0.1) is 5.10 Å². The van der Waals surface area contributed by atoms with Gasteiger partial charge in [0.05, 0.1) is 23.9 Å². The summed E-state index contributed by atoms with van der Waals surface area (Å²) in [6.45, 7) is 8.84. The molecule has 46 heavy (non-hydrogen) atoms. The first-order valence-electron chi connectivity index (χ1n) is 14.9. The zero-order valence-electron chi connectivity index (χ0n) is 25.8. The minimum Gasteiger partial charge on any atom is -0.494 e. The standard InChI is InChI=1S/C36H33N5O4S/c1-5-18-44-28-14-15-29(24(3)20-28)34-26(23-40(39-34)27-10-8-7-9-11-27)22-32-35(42)41-36(46-32)37-33(38-41)17-13-25-12-16-30(45-19-6-2)31(21-25)43-4/h6-17,20-23H,2,5,18-19H2,1,3-4H3/b17-13+,32-22-. The van der Waals surface area contributed by atoms with E-state index in [1.165, 1.54) is 15.9 Å². The first-order valence-corrected chi connectivity index (χ1v) is 15.7. The number of fused-ring (bicyclic) bond motifs is 1. The molecule has 0 atom stereocenters. The number of rotatable bonds is 12. The van der Waals surface area contributed by atoms with Gasteiger partial charge in [-0.1, -0.05) is 61.3 Å². The van der Waals surface area contributed by atoms with Crippen molar-refractivity contribution in [2.24, 2.45) is 0 Å². The minimum absolute atomic E-state index is 0.240. The maximum Gasteiger partial charge on any atom is 0.291 e. The van der Waals surface area contributed by atoms with E-state index in [-0.39, 0.29) is 5.56 Å². The lowest BCUT2D eigenvalue weighted by molar-refractivity contribution is 0.317. The highest BCUT2D eigenvalue weighted by atomic mass is 32.1. The Bertz CT molecular complexity index is 2150. The number of thiazole rings is 1. The third-order valence-electron chi connectivity index (χ3n) is 7.14. The maximum absolute atomic E-state index is 13.5. The van der Waals surface area contributed by atoms with Crippen LogP contribution in [-0.2, 0) is 0 Å². The summed E-state index contributed by atoms with van der Waals surface area (Å²) in [4.78, 5) is 18.6. The van der Waals surface area contributed by atoms with Crippen LogP contribution in [0.15, 0.2) is 90.4 Å². The van der Waals surface area contributed by atoms with Crippen molar-refractivity contribution in [3.63, 3.8) is 0 Å². The van der Waals surface area contributed by atoms with Gasteiger partial charge >= 0.3 is 0 Å². The van der Waals surface area contributed by atoms with E-state index in [1.54, 1.807) is 19.3 Å². The van der Waals surface area contributed by atoms with Crippen molar-refractivity contribution in [1.82, 2.24) is 24.4 Å². The molecule has 0 saturated heterocycles. The van der Waals surface area contributed by atoms with Gasteiger partial charge in [-0.3, -0.25) is 4.79 Å². The molecule has 0 aliphatic heterocycles. The van der Waals surface area contributed by atoms with Crippen molar-refractivity contribution < 1.29 is 14.2 Å². The number of para-hydroxylation sites is 1. The lowest BCUT2D eigenvalue weighted by atomic mass is 10.0. The summed E-state index contributed by atoms with van der Waals surface area (Å²) in [7, 11) is 1.59. The molecular weight excluding hydrogens is 598 g/mol. The molecular formula is C36H33N5O4S. The predicted molar refractivity (Wildman–Crippen MR) is 183 cm³/mol.